The number of nitrogens with zero attached hydrogens (tertiary/aromatic N) is 1. The first-order valence-electron chi connectivity index (χ1n) is 7.43. The molecule has 0 aliphatic heterocycles. The van der Waals surface area contributed by atoms with Gasteiger partial charge in [0.1, 0.15) is 0 Å². The van der Waals surface area contributed by atoms with Crippen LogP contribution < -0.4 is 5.32 Å². The van der Waals surface area contributed by atoms with Crippen LogP contribution in [0.15, 0.2) is 30.3 Å². The van der Waals surface area contributed by atoms with E-state index >= 15 is 0 Å². The smallest absolute Gasteiger partial charge is 0.0340 e. The maximum Gasteiger partial charge on any atom is 0.0340 e. The van der Waals surface area contributed by atoms with Gasteiger partial charge in [0.2, 0.25) is 0 Å². The Morgan fingerprint density at radius 1 is 1.17 bits per heavy atom. The van der Waals surface area contributed by atoms with Crippen LogP contribution in [0.3, 0.4) is 0 Å². The van der Waals surface area contributed by atoms with Crippen LogP contribution in [0.25, 0.3) is 0 Å². The molecule has 2 nitrogen and oxygen atoms in total. The molecule has 2 rings (SSSR count). The zero-order valence-electron chi connectivity index (χ0n) is 11.6. The average Bonchev–Trinajstić information content (AvgIpc) is 2.94. The van der Waals surface area contributed by atoms with Crippen LogP contribution in [-0.4, -0.2) is 30.6 Å². The Balaban J connectivity index is 1.64. The van der Waals surface area contributed by atoms with Gasteiger partial charge in [-0.1, -0.05) is 38.0 Å². The van der Waals surface area contributed by atoms with E-state index in [0.717, 1.165) is 12.6 Å². The van der Waals surface area contributed by atoms with Gasteiger partial charge in [0.05, 0.1) is 0 Å². The second-order valence-corrected chi connectivity index (χ2v) is 5.21. The van der Waals surface area contributed by atoms with Gasteiger partial charge in [0.15, 0.2) is 0 Å². The Morgan fingerprint density at radius 3 is 2.56 bits per heavy atom. The quantitative estimate of drug-likeness (QED) is 0.737. The van der Waals surface area contributed by atoms with Crippen LogP contribution in [0, 0.1) is 0 Å². The number of benzene rings is 1. The molecule has 0 aromatic heterocycles. The van der Waals surface area contributed by atoms with Crippen LogP contribution in [0.2, 0.25) is 0 Å². The lowest BCUT2D eigenvalue weighted by Crippen LogP contribution is -2.34. The van der Waals surface area contributed by atoms with Gasteiger partial charge in [-0.25, -0.2) is 0 Å². The Bertz CT molecular complexity index is 317. The minimum atomic E-state index is 0.867. The summed E-state index contributed by atoms with van der Waals surface area (Å²) in [6, 6.07) is 11.4. The van der Waals surface area contributed by atoms with E-state index in [1.165, 1.54) is 50.9 Å². The van der Waals surface area contributed by atoms with E-state index in [-0.39, 0.29) is 0 Å². The summed E-state index contributed by atoms with van der Waals surface area (Å²) in [7, 11) is 0. The molecule has 1 aromatic carbocycles. The number of para-hydroxylation sites is 1. The van der Waals surface area contributed by atoms with E-state index in [1.54, 1.807) is 0 Å². The topological polar surface area (TPSA) is 15.3 Å². The third-order valence-electron chi connectivity index (χ3n) is 3.97. The molecule has 0 spiro atoms. The van der Waals surface area contributed by atoms with Gasteiger partial charge < -0.3 is 10.2 Å². The summed E-state index contributed by atoms with van der Waals surface area (Å²) >= 11 is 0. The molecule has 1 N–H and O–H groups in total. The first-order valence-corrected chi connectivity index (χ1v) is 7.43. The number of hydrogen-bond donors (Lipinski definition) is 1. The lowest BCUT2D eigenvalue weighted by atomic mass is 10.2. The largest absolute Gasteiger partial charge is 0.385 e. The standard InChI is InChI=1S/C16H26N2/c1-2-18(16-11-6-7-12-16)14-8-13-17-15-9-4-3-5-10-15/h3-5,9-10,16-17H,2,6-8,11-14H2,1H3. The molecule has 2 heteroatoms. The monoisotopic (exact) mass is 246 g/mol. The Kier molecular flexibility index (Phi) is 5.53. The molecular formula is C16H26N2. The molecule has 0 bridgehead atoms. The highest BCUT2D eigenvalue weighted by molar-refractivity contribution is 5.42. The molecule has 0 saturated heterocycles. The SMILES string of the molecule is CCN(CCCNc1ccccc1)C1CCCC1. The molecule has 1 aliphatic carbocycles. The van der Waals surface area contributed by atoms with Crippen LogP contribution in [0.4, 0.5) is 5.69 Å². The summed E-state index contributed by atoms with van der Waals surface area (Å²) < 4.78 is 0. The highest BCUT2D eigenvalue weighted by atomic mass is 15.1. The van der Waals surface area contributed by atoms with Crippen molar-refractivity contribution < 1.29 is 0 Å². The third kappa shape index (κ3) is 4.02. The molecule has 0 radical (unpaired) electrons. The fraction of sp³-hybridized carbons (Fsp3) is 0.625. The molecule has 18 heavy (non-hydrogen) atoms. The van der Waals surface area contributed by atoms with Gasteiger partial charge in [-0.2, -0.15) is 0 Å². The van der Waals surface area contributed by atoms with Gasteiger partial charge in [-0.3, -0.25) is 0 Å². The second-order valence-electron chi connectivity index (χ2n) is 5.21. The molecule has 1 fully saturated rings. The van der Waals surface area contributed by atoms with Crippen LogP contribution >= 0.6 is 0 Å². The molecule has 1 aromatic rings. The van der Waals surface area contributed by atoms with Gasteiger partial charge in [-0.05, 0) is 37.9 Å². The molecule has 0 atom stereocenters. The summed E-state index contributed by atoms with van der Waals surface area (Å²) in [4.78, 5) is 2.67. The van der Waals surface area contributed by atoms with Gasteiger partial charge in [0, 0.05) is 24.8 Å². The molecule has 100 valence electrons. The number of nitrogens with one attached hydrogen (secondary N) is 1. The highest BCUT2D eigenvalue weighted by Gasteiger charge is 2.20. The molecular weight excluding hydrogens is 220 g/mol. The van der Waals surface area contributed by atoms with E-state index in [1.807, 2.05) is 0 Å². The maximum absolute atomic E-state index is 3.49. The Hall–Kier alpha value is -1.02. The van der Waals surface area contributed by atoms with Crippen molar-refractivity contribution in [3.05, 3.63) is 30.3 Å². The maximum atomic E-state index is 3.49. The van der Waals surface area contributed by atoms with Crippen molar-refractivity contribution in [2.45, 2.75) is 45.1 Å². The van der Waals surface area contributed by atoms with Crippen LogP contribution in [0.1, 0.15) is 39.0 Å². The van der Waals surface area contributed by atoms with Crippen LogP contribution in [-0.2, 0) is 0 Å². The molecule has 1 saturated carbocycles. The van der Waals surface area contributed by atoms with Crippen molar-refractivity contribution in [1.82, 2.24) is 4.90 Å². The molecule has 0 amide bonds. The zero-order valence-corrected chi connectivity index (χ0v) is 11.6. The van der Waals surface area contributed by atoms with E-state index in [0.29, 0.717) is 0 Å². The van der Waals surface area contributed by atoms with Crippen molar-refractivity contribution in [1.29, 1.82) is 0 Å². The van der Waals surface area contributed by atoms with Gasteiger partial charge in [0.25, 0.3) is 0 Å². The number of anilines is 1. The molecule has 0 heterocycles. The van der Waals surface area contributed by atoms with E-state index < -0.39 is 0 Å². The van der Waals surface area contributed by atoms with E-state index in [9.17, 15) is 0 Å². The Morgan fingerprint density at radius 2 is 1.89 bits per heavy atom. The first kappa shape index (κ1) is 13.4. The van der Waals surface area contributed by atoms with E-state index in [2.05, 4.69) is 47.5 Å². The molecule has 1 aliphatic rings. The minimum Gasteiger partial charge on any atom is -0.385 e. The summed E-state index contributed by atoms with van der Waals surface area (Å²) in [5.74, 6) is 0. The summed E-state index contributed by atoms with van der Waals surface area (Å²) in [6.45, 7) is 5.81. The van der Waals surface area contributed by atoms with Gasteiger partial charge >= 0.3 is 0 Å². The number of rotatable bonds is 7. The van der Waals surface area contributed by atoms with Crippen LogP contribution in [0.5, 0.6) is 0 Å². The normalized spacial score (nSPS) is 16.3. The highest BCUT2D eigenvalue weighted by Crippen LogP contribution is 2.23. The fourth-order valence-electron chi connectivity index (χ4n) is 2.94. The Labute approximate surface area is 111 Å². The van der Waals surface area contributed by atoms with Crippen molar-refractivity contribution in [3.8, 4) is 0 Å². The average molecular weight is 246 g/mol. The summed E-state index contributed by atoms with van der Waals surface area (Å²) in [5, 5.41) is 3.49. The van der Waals surface area contributed by atoms with Crippen molar-refractivity contribution in [2.75, 3.05) is 25.0 Å². The predicted octanol–water partition coefficient (Wildman–Crippen LogP) is 3.75. The van der Waals surface area contributed by atoms with Crippen molar-refractivity contribution in [2.24, 2.45) is 0 Å². The van der Waals surface area contributed by atoms with Crippen molar-refractivity contribution in [3.63, 3.8) is 0 Å². The fourth-order valence-corrected chi connectivity index (χ4v) is 2.94. The summed E-state index contributed by atoms with van der Waals surface area (Å²) in [6.07, 6.45) is 6.94. The second kappa shape index (κ2) is 7.42. The lowest BCUT2D eigenvalue weighted by Gasteiger charge is -2.27. The number of hydrogen-bond acceptors (Lipinski definition) is 2. The zero-order chi connectivity index (χ0) is 12.6. The molecule has 0 unspecified atom stereocenters. The minimum absolute atomic E-state index is 0.867. The first-order chi connectivity index (χ1) is 8.90. The third-order valence-corrected chi connectivity index (χ3v) is 3.97. The van der Waals surface area contributed by atoms with Gasteiger partial charge in [-0.15, -0.1) is 0 Å². The lowest BCUT2D eigenvalue weighted by molar-refractivity contribution is 0.208. The van der Waals surface area contributed by atoms with Crippen molar-refractivity contribution >= 4 is 5.69 Å². The van der Waals surface area contributed by atoms with E-state index in [4.69, 9.17) is 0 Å². The predicted molar refractivity (Wildman–Crippen MR) is 79.1 cm³/mol. The summed E-state index contributed by atoms with van der Waals surface area (Å²) in [5.41, 5.74) is 1.24.